The van der Waals surface area contributed by atoms with E-state index in [1.54, 1.807) is 6.07 Å². The number of rotatable bonds is 4. The number of nitrogens with two attached hydrogens (primary N) is 1. The summed E-state index contributed by atoms with van der Waals surface area (Å²) in [6.07, 6.45) is 5.30. The largest absolute Gasteiger partial charge is 0.397 e. The number of nitrogen functional groups attached to an aromatic ring is 1. The number of carbonyl (C=O) groups excluding carboxylic acids is 1. The topological polar surface area (TPSA) is 68.0 Å². The quantitative estimate of drug-likeness (QED) is 0.891. The van der Waals surface area contributed by atoms with Gasteiger partial charge in [0.1, 0.15) is 0 Å². The molecule has 0 radical (unpaired) electrons. The average Bonchev–Trinajstić information content (AvgIpc) is 3.27. The third-order valence-corrected chi connectivity index (χ3v) is 3.85. The predicted molar refractivity (Wildman–Crippen MR) is 78.3 cm³/mol. The summed E-state index contributed by atoms with van der Waals surface area (Å²) >= 11 is 0. The third-order valence-electron chi connectivity index (χ3n) is 3.85. The predicted octanol–water partition coefficient (Wildman–Crippen LogP) is 2.13. The molecule has 1 saturated carbocycles. The molecule has 3 rings (SSSR count). The molecule has 1 aromatic carbocycles. The Labute approximate surface area is 118 Å². The molecule has 3 N–H and O–H groups in total. The Hall–Kier alpha value is -2.36. The van der Waals surface area contributed by atoms with Gasteiger partial charge in [0.2, 0.25) is 0 Å². The number of carbonyl (C=O) groups is 1. The molecular formula is C16H17N3O. The lowest BCUT2D eigenvalue weighted by molar-refractivity contribution is 0.0949. The molecule has 1 amide bonds. The minimum Gasteiger partial charge on any atom is -0.397 e. The van der Waals surface area contributed by atoms with Gasteiger partial charge in [0.05, 0.1) is 11.3 Å². The molecule has 1 aliphatic rings. The van der Waals surface area contributed by atoms with Crippen LogP contribution in [0.5, 0.6) is 0 Å². The molecule has 4 nitrogen and oxygen atoms in total. The zero-order chi connectivity index (χ0) is 14.0. The molecule has 0 bridgehead atoms. The van der Waals surface area contributed by atoms with Gasteiger partial charge in [-0.1, -0.05) is 30.3 Å². The second kappa shape index (κ2) is 4.96. The fourth-order valence-electron chi connectivity index (χ4n) is 2.44. The third kappa shape index (κ3) is 2.50. The van der Waals surface area contributed by atoms with Crippen LogP contribution in [-0.4, -0.2) is 17.4 Å². The summed E-state index contributed by atoms with van der Waals surface area (Å²) in [5.41, 5.74) is 8.06. The number of hydrogen-bond acceptors (Lipinski definition) is 3. The van der Waals surface area contributed by atoms with Crippen LogP contribution >= 0.6 is 0 Å². The van der Waals surface area contributed by atoms with Crippen molar-refractivity contribution in [1.82, 2.24) is 10.3 Å². The summed E-state index contributed by atoms with van der Waals surface area (Å²) in [7, 11) is 0. The van der Waals surface area contributed by atoms with Gasteiger partial charge in [-0.2, -0.15) is 0 Å². The van der Waals surface area contributed by atoms with Crippen molar-refractivity contribution in [3.05, 3.63) is 59.9 Å². The molecule has 20 heavy (non-hydrogen) atoms. The number of nitrogens with one attached hydrogen (secondary N) is 1. The summed E-state index contributed by atoms with van der Waals surface area (Å²) in [6.45, 7) is 0.657. The highest BCUT2D eigenvalue weighted by molar-refractivity contribution is 5.94. The van der Waals surface area contributed by atoms with Crippen molar-refractivity contribution in [2.24, 2.45) is 0 Å². The van der Waals surface area contributed by atoms with Crippen molar-refractivity contribution in [2.45, 2.75) is 18.3 Å². The first-order valence-corrected chi connectivity index (χ1v) is 6.74. The Balaban J connectivity index is 1.67. The van der Waals surface area contributed by atoms with Gasteiger partial charge in [-0.3, -0.25) is 9.78 Å². The molecule has 1 aliphatic carbocycles. The van der Waals surface area contributed by atoms with Crippen LogP contribution < -0.4 is 11.1 Å². The number of amides is 1. The van der Waals surface area contributed by atoms with Crippen LogP contribution in [0.1, 0.15) is 28.8 Å². The maximum atomic E-state index is 12.1. The molecule has 0 saturated heterocycles. The van der Waals surface area contributed by atoms with E-state index >= 15 is 0 Å². The molecule has 0 unspecified atom stereocenters. The van der Waals surface area contributed by atoms with Crippen molar-refractivity contribution in [3.63, 3.8) is 0 Å². The first kappa shape index (κ1) is 12.7. The van der Waals surface area contributed by atoms with E-state index in [4.69, 9.17) is 5.73 Å². The van der Waals surface area contributed by atoms with E-state index < -0.39 is 0 Å². The monoisotopic (exact) mass is 267 g/mol. The van der Waals surface area contributed by atoms with Gasteiger partial charge in [0.25, 0.3) is 5.91 Å². The molecule has 2 aromatic rings. The SMILES string of the molecule is Nc1cncc(C(=O)NCC2(c3ccccc3)CC2)c1. The van der Waals surface area contributed by atoms with Crippen LogP contribution in [-0.2, 0) is 5.41 Å². The van der Waals surface area contributed by atoms with E-state index in [2.05, 4.69) is 22.4 Å². The lowest BCUT2D eigenvalue weighted by Crippen LogP contribution is -2.32. The van der Waals surface area contributed by atoms with Crippen LogP contribution in [0.3, 0.4) is 0 Å². The fourth-order valence-corrected chi connectivity index (χ4v) is 2.44. The first-order valence-electron chi connectivity index (χ1n) is 6.74. The molecular weight excluding hydrogens is 250 g/mol. The Morgan fingerprint density at radius 1 is 1.25 bits per heavy atom. The highest BCUT2D eigenvalue weighted by Crippen LogP contribution is 2.47. The molecule has 0 aliphatic heterocycles. The summed E-state index contributed by atoms with van der Waals surface area (Å²) in [5, 5.41) is 2.99. The van der Waals surface area contributed by atoms with E-state index in [1.165, 1.54) is 18.0 Å². The van der Waals surface area contributed by atoms with E-state index in [1.807, 2.05) is 18.2 Å². The fraction of sp³-hybridized carbons (Fsp3) is 0.250. The summed E-state index contributed by atoms with van der Waals surface area (Å²) in [5.74, 6) is -0.119. The summed E-state index contributed by atoms with van der Waals surface area (Å²) < 4.78 is 0. The number of anilines is 1. The maximum absolute atomic E-state index is 12.1. The summed E-state index contributed by atoms with van der Waals surface area (Å²) in [6, 6.07) is 12.0. The van der Waals surface area contributed by atoms with E-state index in [0.29, 0.717) is 17.8 Å². The number of nitrogens with zero attached hydrogens (tertiary/aromatic N) is 1. The van der Waals surface area contributed by atoms with Crippen molar-refractivity contribution in [1.29, 1.82) is 0 Å². The zero-order valence-electron chi connectivity index (χ0n) is 11.2. The van der Waals surface area contributed by atoms with Gasteiger partial charge in [-0.05, 0) is 24.5 Å². The average molecular weight is 267 g/mol. The van der Waals surface area contributed by atoms with Gasteiger partial charge in [-0.15, -0.1) is 0 Å². The van der Waals surface area contributed by atoms with Crippen molar-refractivity contribution in [3.8, 4) is 0 Å². The smallest absolute Gasteiger partial charge is 0.252 e. The van der Waals surface area contributed by atoms with Crippen LogP contribution in [0.15, 0.2) is 48.8 Å². The van der Waals surface area contributed by atoms with E-state index in [9.17, 15) is 4.79 Å². The molecule has 1 aromatic heterocycles. The van der Waals surface area contributed by atoms with Crippen molar-refractivity contribution in [2.75, 3.05) is 12.3 Å². The Morgan fingerprint density at radius 3 is 2.65 bits per heavy atom. The Morgan fingerprint density at radius 2 is 2.00 bits per heavy atom. The molecule has 0 spiro atoms. The lowest BCUT2D eigenvalue weighted by atomic mass is 9.96. The van der Waals surface area contributed by atoms with E-state index in [-0.39, 0.29) is 11.3 Å². The molecule has 1 fully saturated rings. The second-order valence-corrected chi connectivity index (χ2v) is 5.34. The number of benzene rings is 1. The highest BCUT2D eigenvalue weighted by atomic mass is 16.1. The molecule has 0 atom stereocenters. The van der Waals surface area contributed by atoms with Gasteiger partial charge in [-0.25, -0.2) is 0 Å². The van der Waals surface area contributed by atoms with E-state index in [0.717, 1.165) is 12.8 Å². The van der Waals surface area contributed by atoms with Crippen LogP contribution in [0.4, 0.5) is 5.69 Å². The standard InChI is InChI=1S/C16H17N3O/c17-14-8-12(9-18-10-14)15(20)19-11-16(6-7-16)13-4-2-1-3-5-13/h1-5,8-10H,6-7,11,17H2,(H,19,20). The number of aromatic nitrogens is 1. The van der Waals surface area contributed by atoms with Gasteiger partial charge in [0.15, 0.2) is 0 Å². The molecule has 102 valence electrons. The summed E-state index contributed by atoms with van der Waals surface area (Å²) in [4.78, 5) is 16.0. The highest BCUT2D eigenvalue weighted by Gasteiger charge is 2.44. The second-order valence-electron chi connectivity index (χ2n) is 5.34. The lowest BCUT2D eigenvalue weighted by Gasteiger charge is -2.16. The minimum absolute atomic E-state index is 0.116. The first-order chi connectivity index (χ1) is 9.70. The van der Waals surface area contributed by atoms with Gasteiger partial charge in [0, 0.05) is 24.4 Å². The number of pyridine rings is 1. The minimum atomic E-state index is -0.119. The molecule has 1 heterocycles. The Kier molecular flexibility index (Phi) is 3.14. The molecule has 4 heteroatoms. The number of hydrogen-bond donors (Lipinski definition) is 2. The van der Waals surface area contributed by atoms with Crippen LogP contribution in [0.25, 0.3) is 0 Å². The van der Waals surface area contributed by atoms with Gasteiger partial charge >= 0.3 is 0 Å². The van der Waals surface area contributed by atoms with Crippen LogP contribution in [0.2, 0.25) is 0 Å². The zero-order valence-corrected chi connectivity index (χ0v) is 11.2. The van der Waals surface area contributed by atoms with Crippen molar-refractivity contribution < 1.29 is 4.79 Å². The van der Waals surface area contributed by atoms with Crippen molar-refractivity contribution >= 4 is 11.6 Å². The van der Waals surface area contributed by atoms with Crippen LogP contribution in [0, 0.1) is 0 Å². The normalized spacial score (nSPS) is 15.6. The Bertz CT molecular complexity index is 621. The van der Waals surface area contributed by atoms with Gasteiger partial charge < -0.3 is 11.1 Å². The maximum Gasteiger partial charge on any atom is 0.252 e.